The van der Waals surface area contributed by atoms with Gasteiger partial charge in [0.2, 0.25) is 5.82 Å². The van der Waals surface area contributed by atoms with Gasteiger partial charge in [-0.3, -0.25) is 9.78 Å². The van der Waals surface area contributed by atoms with Gasteiger partial charge in [-0.2, -0.15) is 4.98 Å². The van der Waals surface area contributed by atoms with Crippen molar-refractivity contribution in [2.75, 3.05) is 6.61 Å². The fraction of sp³-hybridized carbons (Fsp3) is 0.167. The predicted molar refractivity (Wildman–Crippen MR) is 116 cm³/mol. The second kappa shape index (κ2) is 9.21. The Kier molecular flexibility index (Phi) is 6.03. The molecule has 31 heavy (non-hydrogen) atoms. The number of carbonyl (C=O) groups is 1. The largest absolute Gasteiger partial charge is 0.484 e. The highest BCUT2D eigenvalue weighted by atomic mass is 16.5. The third-order valence-electron chi connectivity index (χ3n) is 4.72. The van der Waals surface area contributed by atoms with Crippen LogP contribution in [0, 0.1) is 6.92 Å². The first-order chi connectivity index (χ1) is 15.1. The Labute approximate surface area is 180 Å². The van der Waals surface area contributed by atoms with Gasteiger partial charge in [0.1, 0.15) is 5.75 Å². The van der Waals surface area contributed by atoms with Gasteiger partial charge in [0, 0.05) is 17.3 Å². The molecule has 4 aromatic rings. The summed E-state index contributed by atoms with van der Waals surface area (Å²) in [6, 6.07) is 20.5. The molecule has 2 heterocycles. The number of aromatic nitrogens is 3. The zero-order valence-electron chi connectivity index (χ0n) is 17.3. The van der Waals surface area contributed by atoms with Crippen LogP contribution < -0.4 is 10.1 Å². The van der Waals surface area contributed by atoms with Gasteiger partial charge in [-0.25, -0.2) is 0 Å². The summed E-state index contributed by atoms with van der Waals surface area (Å²) in [5.74, 6) is 1.31. The molecule has 0 unspecified atom stereocenters. The van der Waals surface area contributed by atoms with Crippen LogP contribution in [0.5, 0.6) is 5.75 Å². The van der Waals surface area contributed by atoms with Crippen LogP contribution in [-0.2, 0) is 4.79 Å². The van der Waals surface area contributed by atoms with E-state index in [4.69, 9.17) is 9.26 Å². The van der Waals surface area contributed by atoms with Crippen LogP contribution in [0.1, 0.15) is 24.2 Å². The zero-order valence-corrected chi connectivity index (χ0v) is 17.3. The van der Waals surface area contributed by atoms with E-state index in [0.29, 0.717) is 17.5 Å². The van der Waals surface area contributed by atoms with Gasteiger partial charge >= 0.3 is 0 Å². The number of hydrogen-bond donors (Lipinski definition) is 1. The zero-order chi connectivity index (χ0) is 21.6. The summed E-state index contributed by atoms with van der Waals surface area (Å²) in [5.41, 5.74) is 3.63. The number of nitrogens with zero attached hydrogens (tertiary/aromatic N) is 3. The fourth-order valence-corrected chi connectivity index (χ4v) is 2.99. The number of aryl methyl sites for hydroxylation is 1. The Morgan fingerprint density at radius 2 is 1.77 bits per heavy atom. The molecule has 1 N–H and O–H groups in total. The summed E-state index contributed by atoms with van der Waals surface area (Å²) >= 11 is 0. The molecule has 0 bridgehead atoms. The predicted octanol–water partition coefficient (Wildman–Crippen LogP) is 4.36. The molecule has 7 nitrogen and oxygen atoms in total. The van der Waals surface area contributed by atoms with Crippen molar-refractivity contribution in [1.29, 1.82) is 0 Å². The summed E-state index contributed by atoms with van der Waals surface area (Å²) < 4.78 is 11.0. The van der Waals surface area contributed by atoms with Crippen LogP contribution in [0.3, 0.4) is 0 Å². The van der Waals surface area contributed by atoms with Gasteiger partial charge in [0.15, 0.2) is 6.61 Å². The number of ether oxygens (including phenoxy) is 1. The van der Waals surface area contributed by atoms with Gasteiger partial charge in [-0.1, -0.05) is 41.1 Å². The Morgan fingerprint density at radius 3 is 2.48 bits per heavy atom. The minimum Gasteiger partial charge on any atom is -0.484 e. The lowest BCUT2D eigenvalue weighted by Crippen LogP contribution is -2.31. The number of benzene rings is 2. The molecule has 2 aromatic carbocycles. The standard InChI is InChI=1S/C24H22N4O3/c1-16-6-8-18(9-7-16)23-27-24(31-28-23)19-10-12-20(13-11-19)30-15-22(29)26-17(2)21-5-3-4-14-25-21/h3-14,17H,15H2,1-2H3,(H,26,29)/t17-/m1/s1. The molecule has 0 fully saturated rings. The van der Waals surface area contributed by atoms with Crippen molar-refractivity contribution in [1.82, 2.24) is 20.4 Å². The van der Waals surface area contributed by atoms with Crippen molar-refractivity contribution in [3.63, 3.8) is 0 Å². The van der Waals surface area contributed by atoms with E-state index in [0.717, 1.165) is 16.8 Å². The number of carbonyl (C=O) groups excluding carboxylic acids is 1. The molecule has 0 spiro atoms. The van der Waals surface area contributed by atoms with E-state index in [9.17, 15) is 4.79 Å². The molecule has 0 radical (unpaired) electrons. The third-order valence-corrected chi connectivity index (χ3v) is 4.72. The molecule has 2 aromatic heterocycles. The summed E-state index contributed by atoms with van der Waals surface area (Å²) in [7, 11) is 0. The molecule has 0 aliphatic carbocycles. The van der Waals surface area contributed by atoms with Crippen LogP contribution in [0.2, 0.25) is 0 Å². The maximum atomic E-state index is 12.1. The minimum atomic E-state index is -0.220. The monoisotopic (exact) mass is 414 g/mol. The van der Waals surface area contributed by atoms with E-state index >= 15 is 0 Å². The molecular formula is C24H22N4O3. The smallest absolute Gasteiger partial charge is 0.258 e. The highest BCUT2D eigenvalue weighted by Gasteiger charge is 2.12. The van der Waals surface area contributed by atoms with Crippen LogP contribution >= 0.6 is 0 Å². The van der Waals surface area contributed by atoms with E-state index in [1.165, 1.54) is 5.56 Å². The number of nitrogens with one attached hydrogen (secondary N) is 1. The number of hydrogen-bond acceptors (Lipinski definition) is 6. The molecule has 0 saturated carbocycles. The van der Waals surface area contributed by atoms with Crippen molar-refractivity contribution in [2.24, 2.45) is 0 Å². The minimum absolute atomic E-state index is 0.0886. The molecule has 1 amide bonds. The highest BCUT2D eigenvalue weighted by Crippen LogP contribution is 2.24. The SMILES string of the molecule is Cc1ccc(-c2noc(-c3ccc(OCC(=O)N[C@H](C)c4ccccn4)cc3)n2)cc1. The van der Waals surface area contributed by atoms with Crippen LogP contribution in [-0.4, -0.2) is 27.6 Å². The van der Waals surface area contributed by atoms with Crippen molar-refractivity contribution in [3.8, 4) is 28.6 Å². The van der Waals surface area contributed by atoms with E-state index in [-0.39, 0.29) is 18.6 Å². The van der Waals surface area contributed by atoms with Crippen molar-refractivity contribution in [3.05, 3.63) is 84.2 Å². The van der Waals surface area contributed by atoms with Crippen LogP contribution in [0.25, 0.3) is 22.8 Å². The summed E-state index contributed by atoms with van der Waals surface area (Å²) in [6.45, 7) is 3.82. The lowest BCUT2D eigenvalue weighted by atomic mass is 10.1. The summed E-state index contributed by atoms with van der Waals surface area (Å²) in [6.07, 6.45) is 1.70. The van der Waals surface area contributed by atoms with E-state index in [2.05, 4.69) is 20.4 Å². The van der Waals surface area contributed by atoms with Gasteiger partial charge in [0.05, 0.1) is 11.7 Å². The van der Waals surface area contributed by atoms with Gasteiger partial charge in [-0.05, 0) is 50.2 Å². The molecule has 0 aliphatic heterocycles. The van der Waals surface area contributed by atoms with E-state index in [1.54, 1.807) is 18.3 Å². The second-order valence-electron chi connectivity index (χ2n) is 7.15. The van der Waals surface area contributed by atoms with Crippen molar-refractivity contribution >= 4 is 5.91 Å². The summed E-state index contributed by atoms with van der Waals surface area (Å²) in [5, 5.41) is 6.92. The molecule has 156 valence electrons. The second-order valence-corrected chi connectivity index (χ2v) is 7.15. The topological polar surface area (TPSA) is 90.1 Å². The Hall–Kier alpha value is -4.00. The maximum Gasteiger partial charge on any atom is 0.258 e. The lowest BCUT2D eigenvalue weighted by Gasteiger charge is -2.13. The third kappa shape index (κ3) is 5.14. The van der Waals surface area contributed by atoms with Gasteiger partial charge in [-0.15, -0.1) is 0 Å². The number of rotatable bonds is 7. The normalized spacial score (nSPS) is 11.7. The highest BCUT2D eigenvalue weighted by molar-refractivity contribution is 5.78. The van der Waals surface area contributed by atoms with Crippen molar-refractivity contribution < 1.29 is 14.1 Å². The number of pyridine rings is 1. The van der Waals surface area contributed by atoms with Gasteiger partial charge < -0.3 is 14.6 Å². The first-order valence-electron chi connectivity index (χ1n) is 9.93. The molecular weight excluding hydrogens is 392 g/mol. The average molecular weight is 414 g/mol. The first-order valence-corrected chi connectivity index (χ1v) is 9.93. The number of amides is 1. The van der Waals surface area contributed by atoms with E-state index < -0.39 is 0 Å². The Morgan fingerprint density at radius 1 is 1.03 bits per heavy atom. The molecule has 0 saturated heterocycles. The quantitative estimate of drug-likeness (QED) is 0.483. The van der Waals surface area contributed by atoms with Gasteiger partial charge in [0.25, 0.3) is 11.8 Å². The lowest BCUT2D eigenvalue weighted by molar-refractivity contribution is -0.123. The average Bonchev–Trinajstić information content (AvgIpc) is 3.29. The first kappa shape index (κ1) is 20.3. The molecule has 4 rings (SSSR count). The molecule has 1 atom stereocenters. The Bertz CT molecular complexity index is 1140. The fourth-order valence-electron chi connectivity index (χ4n) is 2.99. The summed E-state index contributed by atoms with van der Waals surface area (Å²) in [4.78, 5) is 20.8. The van der Waals surface area contributed by atoms with Crippen molar-refractivity contribution in [2.45, 2.75) is 19.9 Å². The molecule has 7 heteroatoms. The maximum absolute atomic E-state index is 12.1. The van der Waals surface area contributed by atoms with Crippen LogP contribution in [0.15, 0.2) is 77.4 Å². The van der Waals surface area contributed by atoms with Crippen LogP contribution in [0.4, 0.5) is 0 Å². The Balaban J connectivity index is 1.33. The van der Waals surface area contributed by atoms with E-state index in [1.807, 2.05) is 68.4 Å². The molecule has 0 aliphatic rings.